The molecule has 0 atom stereocenters. The lowest BCUT2D eigenvalue weighted by Gasteiger charge is -2.31. The van der Waals surface area contributed by atoms with Crippen LogP contribution >= 0.6 is 0 Å². The van der Waals surface area contributed by atoms with Crippen molar-refractivity contribution < 1.29 is 14.4 Å². The number of rotatable bonds is 3. The van der Waals surface area contributed by atoms with Crippen molar-refractivity contribution in [3.63, 3.8) is 0 Å². The average Bonchev–Trinajstić information content (AvgIpc) is 2.42. The number of Topliss-reactive ketones (excluding diaryl/α,β-unsaturated/α-hetero) is 1. The van der Waals surface area contributed by atoms with Gasteiger partial charge in [-0.25, -0.2) is 0 Å². The van der Waals surface area contributed by atoms with Gasteiger partial charge in [0.2, 0.25) is 11.8 Å². The molecule has 1 aliphatic rings. The minimum Gasteiger partial charge on any atom is -0.335 e. The van der Waals surface area contributed by atoms with Crippen LogP contribution in [0.3, 0.4) is 0 Å². The molecule has 2 rings (SSSR count). The minimum atomic E-state index is -0.199. The predicted molar refractivity (Wildman–Crippen MR) is 69.8 cm³/mol. The van der Waals surface area contributed by atoms with E-state index in [4.69, 9.17) is 5.73 Å². The van der Waals surface area contributed by atoms with Gasteiger partial charge in [0.05, 0.1) is 13.1 Å². The quantitative estimate of drug-likeness (QED) is 0.753. The Labute approximate surface area is 110 Å². The van der Waals surface area contributed by atoms with Gasteiger partial charge in [0, 0.05) is 18.3 Å². The number of amides is 2. The summed E-state index contributed by atoms with van der Waals surface area (Å²) in [6, 6.07) is 6.60. The molecular formula is C13H15N3O3. The molecular weight excluding hydrogens is 246 g/mol. The maximum Gasteiger partial charge on any atom is 0.247 e. The fourth-order valence-corrected chi connectivity index (χ4v) is 1.92. The van der Waals surface area contributed by atoms with Gasteiger partial charge < -0.3 is 15.5 Å². The molecule has 1 heterocycles. The summed E-state index contributed by atoms with van der Waals surface area (Å²) in [4.78, 5) is 37.9. The van der Waals surface area contributed by atoms with E-state index in [1.807, 2.05) is 0 Å². The fourth-order valence-electron chi connectivity index (χ4n) is 1.92. The van der Waals surface area contributed by atoms with Crippen LogP contribution in [0.5, 0.6) is 0 Å². The number of nitrogens with zero attached hydrogens (tertiary/aromatic N) is 2. The highest BCUT2D eigenvalue weighted by Gasteiger charge is 2.28. The van der Waals surface area contributed by atoms with E-state index in [-0.39, 0.29) is 37.2 Å². The standard InChI is InChI=1S/C13H15N3O3/c1-15-7-13(19)16(8-12(15)18)10-4-2-3-9(5-10)11(17)6-14/h2-5H,6-8,14H2,1H3. The molecule has 1 aromatic rings. The third-order valence-corrected chi connectivity index (χ3v) is 3.06. The van der Waals surface area contributed by atoms with Gasteiger partial charge in [-0.3, -0.25) is 14.4 Å². The molecule has 1 aliphatic heterocycles. The van der Waals surface area contributed by atoms with Gasteiger partial charge >= 0.3 is 0 Å². The molecule has 0 saturated carbocycles. The highest BCUT2D eigenvalue weighted by molar-refractivity contribution is 6.05. The highest BCUT2D eigenvalue weighted by atomic mass is 16.2. The smallest absolute Gasteiger partial charge is 0.247 e. The van der Waals surface area contributed by atoms with Crippen molar-refractivity contribution in [2.45, 2.75) is 0 Å². The first-order valence-corrected chi connectivity index (χ1v) is 5.90. The second-order valence-corrected chi connectivity index (χ2v) is 4.41. The lowest BCUT2D eigenvalue weighted by atomic mass is 10.1. The molecule has 6 nitrogen and oxygen atoms in total. The fraction of sp³-hybridized carbons (Fsp3) is 0.308. The number of piperazine rings is 1. The van der Waals surface area contributed by atoms with Crippen LogP contribution in [0.4, 0.5) is 5.69 Å². The Bertz CT molecular complexity index is 542. The Morgan fingerprint density at radius 1 is 1.26 bits per heavy atom. The zero-order chi connectivity index (χ0) is 14.0. The molecule has 19 heavy (non-hydrogen) atoms. The van der Waals surface area contributed by atoms with E-state index >= 15 is 0 Å². The topological polar surface area (TPSA) is 83.7 Å². The SMILES string of the molecule is CN1CC(=O)N(c2cccc(C(=O)CN)c2)CC1=O. The van der Waals surface area contributed by atoms with Crippen molar-refractivity contribution in [2.24, 2.45) is 5.73 Å². The third kappa shape index (κ3) is 2.63. The van der Waals surface area contributed by atoms with Gasteiger partial charge in [-0.05, 0) is 12.1 Å². The summed E-state index contributed by atoms with van der Waals surface area (Å²) in [5, 5.41) is 0. The van der Waals surface area contributed by atoms with Crippen LogP contribution in [-0.4, -0.2) is 49.2 Å². The van der Waals surface area contributed by atoms with Crippen LogP contribution in [0.15, 0.2) is 24.3 Å². The molecule has 100 valence electrons. The van der Waals surface area contributed by atoms with Crippen molar-refractivity contribution in [3.05, 3.63) is 29.8 Å². The number of nitrogens with two attached hydrogens (primary N) is 1. The van der Waals surface area contributed by atoms with Crippen LogP contribution in [0, 0.1) is 0 Å². The normalized spacial score (nSPS) is 15.9. The average molecular weight is 261 g/mol. The number of ketones is 1. The maximum absolute atomic E-state index is 11.9. The summed E-state index contributed by atoms with van der Waals surface area (Å²) in [6.45, 7) is -0.0391. The van der Waals surface area contributed by atoms with E-state index in [9.17, 15) is 14.4 Å². The van der Waals surface area contributed by atoms with Crippen LogP contribution in [0.25, 0.3) is 0 Å². The van der Waals surface area contributed by atoms with Gasteiger partial charge in [0.15, 0.2) is 5.78 Å². The first-order valence-electron chi connectivity index (χ1n) is 5.90. The number of hydrogen-bond donors (Lipinski definition) is 1. The number of anilines is 1. The molecule has 2 amide bonds. The molecule has 2 N–H and O–H groups in total. The number of hydrogen-bond acceptors (Lipinski definition) is 4. The molecule has 1 fully saturated rings. The minimum absolute atomic E-state index is 0.00436. The van der Waals surface area contributed by atoms with E-state index in [0.29, 0.717) is 11.3 Å². The van der Waals surface area contributed by atoms with E-state index in [1.54, 1.807) is 31.3 Å². The zero-order valence-electron chi connectivity index (χ0n) is 10.6. The van der Waals surface area contributed by atoms with Gasteiger partial charge in [-0.15, -0.1) is 0 Å². The lowest BCUT2D eigenvalue weighted by molar-refractivity contribution is -0.136. The van der Waals surface area contributed by atoms with Crippen molar-refractivity contribution >= 4 is 23.3 Å². The van der Waals surface area contributed by atoms with Crippen molar-refractivity contribution in [2.75, 3.05) is 31.6 Å². The highest BCUT2D eigenvalue weighted by Crippen LogP contribution is 2.19. The van der Waals surface area contributed by atoms with E-state index in [2.05, 4.69) is 0 Å². The van der Waals surface area contributed by atoms with Crippen molar-refractivity contribution in [1.82, 2.24) is 4.90 Å². The van der Waals surface area contributed by atoms with Crippen molar-refractivity contribution in [3.8, 4) is 0 Å². The number of benzene rings is 1. The summed E-state index contributed by atoms with van der Waals surface area (Å²) < 4.78 is 0. The largest absolute Gasteiger partial charge is 0.335 e. The van der Waals surface area contributed by atoms with Gasteiger partial charge in [-0.2, -0.15) is 0 Å². The zero-order valence-corrected chi connectivity index (χ0v) is 10.6. The number of likely N-dealkylation sites (N-methyl/N-ethyl adjacent to an activating group) is 1. The predicted octanol–water partition coefficient (Wildman–Crippen LogP) is -0.367. The maximum atomic E-state index is 11.9. The first-order chi connectivity index (χ1) is 9.02. The summed E-state index contributed by atoms with van der Waals surface area (Å²) in [7, 11) is 1.59. The summed E-state index contributed by atoms with van der Waals surface area (Å²) >= 11 is 0. The molecule has 0 bridgehead atoms. The molecule has 1 aromatic carbocycles. The molecule has 0 aromatic heterocycles. The molecule has 0 aliphatic carbocycles. The van der Waals surface area contributed by atoms with Crippen molar-refractivity contribution in [1.29, 1.82) is 0 Å². The summed E-state index contributed by atoms with van der Waals surface area (Å²) in [5.41, 5.74) is 6.30. The Hall–Kier alpha value is -2.21. The second-order valence-electron chi connectivity index (χ2n) is 4.41. The molecule has 0 spiro atoms. The van der Waals surface area contributed by atoms with Gasteiger partial charge in [0.1, 0.15) is 6.54 Å². The Kier molecular flexibility index (Phi) is 3.62. The number of carbonyl (C=O) groups excluding carboxylic acids is 3. The van der Waals surface area contributed by atoms with Crippen LogP contribution < -0.4 is 10.6 Å². The Morgan fingerprint density at radius 2 is 2.00 bits per heavy atom. The molecule has 0 radical (unpaired) electrons. The summed E-state index contributed by atoms with van der Waals surface area (Å²) in [5.74, 6) is -0.496. The van der Waals surface area contributed by atoms with Gasteiger partial charge in [0.25, 0.3) is 0 Å². The lowest BCUT2D eigenvalue weighted by Crippen LogP contribution is -2.52. The Balaban J connectivity index is 2.29. The molecule has 0 unspecified atom stereocenters. The van der Waals surface area contributed by atoms with Crippen LogP contribution in [0.1, 0.15) is 10.4 Å². The van der Waals surface area contributed by atoms with E-state index in [0.717, 1.165) is 0 Å². The second kappa shape index (κ2) is 5.19. The van der Waals surface area contributed by atoms with E-state index < -0.39 is 0 Å². The molecule has 6 heteroatoms. The number of carbonyl (C=O) groups is 3. The summed E-state index contributed by atoms with van der Waals surface area (Å²) in [6.07, 6.45) is 0. The third-order valence-electron chi connectivity index (χ3n) is 3.06. The van der Waals surface area contributed by atoms with Gasteiger partial charge in [-0.1, -0.05) is 12.1 Å². The Morgan fingerprint density at radius 3 is 2.68 bits per heavy atom. The van der Waals surface area contributed by atoms with Crippen LogP contribution in [0.2, 0.25) is 0 Å². The molecule has 1 saturated heterocycles. The van der Waals surface area contributed by atoms with Crippen LogP contribution in [-0.2, 0) is 9.59 Å². The van der Waals surface area contributed by atoms with E-state index in [1.165, 1.54) is 9.80 Å². The monoisotopic (exact) mass is 261 g/mol. The first kappa shape index (κ1) is 13.2.